The van der Waals surface area contributed by atoms with Crippen LogP contribution in [0.1, 0.15) is 13.8 Å². The molecule has 0 heterocycles. The van der Waals surface area contributed by atoms with E-state index in [1.54, 1.807) is 13.8 Å². The van der Waals surface area contributed by atoms with Crippen LogP contribution in [-0.2, 0) is 19.4 Å². The Balaban J connectivity index is 3.97. The van der Waals surface area contributed by atoms with Gasteiger partial charge < -0.3 is 10.1 Å². The molecule has 0 fully saturated rings. The third-order valence-electron chi connectivity index (χ3n) is 1.78. The summed E-state index contributed by atoms with van der Waals surface area (Å²) in [5, 5.41) is 2.90. The second kappa shape index (κ2) is 6.65. The van der Waals surface area contributed by atoms with Gasteiger partial charge in [0.1, 0.15) is 9.84 Å². The summed E-state index contributed by atoms with van der Waals surface area (Å²) in [6, 6.07) is -0.221. The molecule has 0 rings (SSSR count). The third-order valence-corrected chi connectivity index (χ3v) is 2.89. The third kappa shape index (κ3) is 7.42. The zero-order valence-corrected chi connectivity index (χ0v) is 10.8. The van der Waals surface area contributed by atoms with E-state index >= 15 is 0 Å². The first-order chi connectivity index (χ1) is 7.26. The molecule has 1 unspecified atom stereocenters. The second-order valence-corrected chi connectivity index (χ2v) is 5.88. The van der Waals surface area contributed by atoms with E-state index in [1.165, 1.54) is 6.26 Å². The smallest absolute Gasteiger partial charge is 0.334 e. The van der Waals surface area contributed by atoms with Crippen molar-refractivity contribution in [2.75, 3.05) is 25.2 Å². The highest BCUT2D eigenvalue weighted by atomic mass is 32.2. The fourth-order valence-corrected chi connectivity index (χ4v) is 2.14. The maximum absolute atomic E-state index is 11.2. The van der Waals surface area contributed by atoms with Crippen LogP contribution < -0.4 is 5.32 Å². The minimum atomic E-state index is -3.01. The highest BCUT2D eigenvalue weighted by Crippen LogP contribution is 1.95. The van der Waals surface area contributed by atoms with E-state index in [0.29, 0.717) is 12.2 Å². The lowest BCUT2D eigenvalue weighted by atomic mass is 10.3. The summed E-state index contributed by atoms with van der Waals surface area (Å²) in [5.41, 5.74) is 0.294. The molecular formula is C10H19NO4S. The maximum Gasteiger partial charge on any atom is 0.334 e. The lowest BCUT2D eigenvalue weighted by Gasteiger charge is -2.13. The monoisotopic (exact) mass is 249 g/mol. The summed E-state index contributed by atoms with van der Waals surface area (Å²) >= 11 is 0. The Morgan fingerprint density at radius 3 is 2.50 bits per heavy atom. The molecule has 0 aromatic carbocycles. The number of esters is 1. The topological polar surface area (TPSA) is 72.5 Å². The van der Waals surface area contributed by atoms with Gasteiger partial charge in [-0.05, 0) is 13.8 Å². The molecule has 0 aromatic heterocycles. The van der Waals surface area contributed by atoms with Crippen LogP contribution in [0.4, 0.5) is 0 Å². The van der Waals surface area contributed by atoms with Crippen molar-refractivity contribution in [1.82, 2.24) is 5.32 Å². The summed E-state index contributed by atoms with van der Waals surface area (Å²) < 4.78 is 26.7. The van der Waals surface area contributed by atoms with Crippen LogP contribution in [0.5, 0.6) is 0 Å². The second-order valence-electron chi connectivity index (χ2n) is 3.70. The lowest BCUT2D eigenvalue weighted by Crippen LogP contribution is -2.35. The highest BCUT2D eigenvalue weighted by molar-refractivity contribution is 7.90. The van der Waals surface area contributed by atoms with Crippen molar-refractivity contribution in [3.63, 3.8) is 0 Å². The molecule has 0 saturated heterocycles. The fourth-order valence-electron chi connectivity index (χ4n) is 1.12. The van der Waals surface area contributed by atoms with Crippen molar-refractivity contribution >= 4 is 15.8 Å². The zero-order valence-electron chi connectivity index (χ0n) is 9.95. The molecule has 0 aliphatic rings. The molecule has 0 aliphatic heterocycles. The summed E-state index contributed by atoms with van der Waals surface area (Å²) in [4.78, 5) is 11.2. The van der Waals surface area contributed by atoms with Crippen molar-refractivity contribution in [2.45, 2.75) is 19.9 Å². The first-order valence-electron chi connectivity index (χ1n) is 5.02. The van der Waals surface area contributed by atoms with Gasteiger partial charge in [0.15, 0.2) is 0 Å². The molecule has 0 aromatic rings. The van der Waals surface area contributed by atoms with Crippen LogP contribution in [0, 0.1) is 0 Å². The number of nitrogens with one attached hydrogen (secondary N) is 1. The van der Waals surface area contributed by atoms with Gasteiger partial charge in [-0.3, -0.25) is 0 Å². The first kappa shape index (κ1) is 15.1. The molecule has 94 valence electrons. The molecule has 0 aliphatic carbocycles. The average molecular weight is 249 g/mol. The van der Waals surface area contributed by atoms with E-state index < -0.39 is 15.8 Å². The van der Waals surface area contributed by atoms with Crippen LogP contribution in [-0.4, -0.2) is 45.6 Å². The molecule has 0 amide bonds. The predicted octanol–water partition coefficient (Wildman–Crippen LogP) is 0.128. The van der Waals surface area contributed by atoms with E-state index in [0.717, 1.165) is 0 Å². The summed E-state index contributed by atoms with van der Waals surface area (Å²) in [6.45, 7) is 7.54. The molecule has 0 spiro atoms. The van der Waals surface area contributed by atoms with Gasteiger partial charge in [-0.15, -0.1) is 0 Å². The van der Waals surface area contributed by atoms with Crippen LogP contribution >= 0.6 is 0 Å². The van der Waals surface area contributed by atoms with E-state index in [-0.39, 0.29) is 18.3 Å². The number of sulfone groups is 1. The van der Waals surface area contributed by atoms with Gasteiger partial charge in [0.25, 0.3) is 0 Å². The highest BCUT2D eigenvalue weighted by Gasteiger charge is 2.12. The van der Waals surface area contributed by atoms with Crippen molar-refractivity contribution < 1.29 is 17.9 Å². The van der Waals surface area contributed by atoms with Crippen molar-refractivity contribution in [3.8, 4) is 0 Å². The van der Waals surface area contributed by atoms with Crippen LogP contribution in [0.2, 0.25) is 0 Å². The molecule has 0 bridgehead atoms. The van der Waals surface area contributed by atoms with Gasteiger partial charge in [-0.25, -0.2) is 13.2 Å². The minimum Gasteiger partial charge on any atom is -0.463 e. The van der Waals surface area contributed by atoms with Crippen LogP contribution in [0.3, 0.4) is 0 Å². The summed E-state index contributed by atoms with van der Waals surface area (Å²) in [5.74, 6) is -0.426. The molecule has 6 heteroatoms. The van der Waals surface area contributed by atoms with Gasteiger partial charge >= 0.3 is 5.97 Å². The summed E-state index contributed by atoms with van der Waals surface area (Å²) in [6.07, 6.45) is 1.17. The van der Waals surface area contributed by atoms with Gasteiger partial charge in [-0.2, -0.15) is 0 Å². The van der Waals surface area contributed by atoms with Gasteiger partial charge in [0.05, 0.1) is 12.4 Å². The Morgan fingerprint density at radius 2 is 2.06 bits per heavy atom. The Labute approximate surface area is 96.8 Å². The van der Waals surface area contributed by atoms with Crippen molar-refractivity contribution in [2.24, 2.45) is 0 Å². The standard InChI is InChI=1S/C10H19NO4S/c1-5-15-10(12)8(2)6-11-9(3)7-16(4,13)14/h9,11H,2,5-7H2,1,3-4H3. The lowest BCUT2D eigenvalue weighted by molar-refractivity contribution is -0.138. The molecule has 1 atom stereocenters. The molecule has 0 radical (unpaired) electrons. The largest absolute Gasteiger partial charge is 0.463 e. The average Bonchev–Trinajstić information content (AvgIpc) is 2.11. The fraction of sp³-hybridized carbons (Fsp3) is 0.700. The molecule has 5 nitrogen and oxygen atoms in total. The minimum absolute atomic E-state index is 0.0309. The predicted molar refractivity (Wildman–Crippen MR) is 62.9 cm³/mol. The number of carbonyl (C=O) groups excluding carboxylic acids is 1. The van der Waals surface area contributed by atoms with Crippen molar-refractivity contribution in [1.29, 1.82) is 0 Å². The van der Waals surface area contributed by atoms with E-state index in [9.17, 15) is 13.2 Å². The van der Waals surface area contributed by atoms with Gasteiger partial charge in [0, 0.05) is 24.4 Å². The maximum atomic E-state index is 11.2. The Morgan fingerprint density at radius 1 is 1.50 bits per heavy atom. The molecular weight excluding hydrogens is 230 g/mol. The molecule has 0 saturated carbocycles. The number of hydrogen-bond donors (Lipinski definition) is 1. The first-order valence-corrected chi connectivity index (χ1v) is 7.08. The Hall–Kier alpha value is -0.880. The number of ether oxygens (including phenoxy) is 1. The van der Waals surface area contributed by atoms with Crippen LogP contribution in [0.25, 0.3) is 0 Å². The summed E-state index contributed by atoms with van der Waals surface area (Å²) in [7, 11) is -3.01. The zero-order chi connectivity index (χ0) is 12.8. The number of carbonyl (C=O) groups is 1. The molecule has 16 heavy (non-hydrogen) atoms. The van der Waals surface area contributed by atoms with Crippen molar-refractivity contribution in [3.05, 3.63) is 12.2 Å². The normalized spacial score (nSPS) is 13.2. The van der Waals surface area contributed by atoms with E-state index in [4.69, 9.17) is 4.74 Å². The number of rotatable bonds is 7. The Bertz CT molecular complexity index is 348. The SMILES string of the molecule is C=C(CNC(C)CS(C)(=O)=O)C(=O)OCC. The number of hydrogen-bond acceptors (Lipinski definition) is 5. The molecule has 1 N–H and O–H groups in total. The van der Waals surface area contributed by atoms with E-state index in [2.05, 4.69) is 11.9 Å². The van der Waals surface area contributed by atoms with Crippen LogP contribution in [0.15, 0.2) is 12.2 Å². The quantitative estimate of drug-likeness (QED) is 0.513. The van der Waals surface area contributed by atoms with E-state index in [1.807, 2.05) is 0 Å². The van der Waals surface area contributed by atoms with Gasteiger partial charge in [-0.1, -0.05) is 6.58 Å². The Kier molecular flexibility index (Phi) is 6.28. The van der Waals surface area contributed by atoms with Gasteiger partial charge in [0.2, 0.25) is 0 Å².